The fourth-order valence-electron chi connectivity index (χ4n) is 2.74. The summed E-state index contributed by atoms with van der Waals surface area (Å²) in [4.78, 5) is 36.0. The van der Waals surface area contributed by atoms with Crippen molar-refractivity contribution in [1.29, 1.82) is 0 Å². The second-order valence-electron chi connectivity index (χ2n) is 6.00. The van der Waals surface area contributed by atoms with Gasteiger partial charge in [0.1, 0.15) is 17.3 Å². The van der Waals surface area contributed by atoms with Crippen LogP contribution in [0.2, 0.25) is 5.02 Å². The van der Waals surface area contributed by atoms with Gasteiger partial charge >= 0.3 is 5.97 Å². The van der Waals surface area contributed by atoms with Crippen LogP contribution >= 0.6 is 11.6 Å². The van der Waals surface area contributed by atoms with Crippen molar-refractivity contribution in [3.05, 3.63) is 57.9 Å². The SMILES string of the molecule is CCOC(=O)C(=O)CC(=O)c1cc(Cc2cccc(Cl)c2F)c(OC)cc1OC. The predicted molar refractivity (Wildman–Crippen MR) is 104 cm³/mol. The highest BCUT2D eigenvalue weighted by Crippen LogP contribution is 2.32. The van der Waals surface area contributed by atoms with Gasteiger partial charge in [-0.15, -0.1) is 0 Å². The Morgan fingerprint density at radius 1 is 1.03 bits per heavy atom. The van der Waals surface area contributed by atoms with Crippen LogP contribution in [0.15, 0.2) is 30.3 Å². The van der Waals surface area contributed by atoms with E-state index in [1.165, 1.54) is 32.4 Å². The van der Waals surface area contributed by atoms with E-state index in [1.807, 2.05) is 0 Å². The normalized spacial score (nSPS) is 10.4. The summed E-state index contributed by atoms with van der Waals surface area (Å²) in [7, 11) is 2.79. The van der Waals surface area contributed by atoms with Crippen LogP contribution in [0.25, 0.3) is 0 Å². The number of hydrogen-bond acceptors (Lipinski definition) is 6. The number of carbonyl (C=O) groups is 3. The van der Waals surface area contributed by atoms with E-state index in [4.69, 9.17) is 21.1 Å². The number of methoxy groups -OCH3 is 2. The highest BCUT2D eigenvalue weighted by molar-refractivity contribution is 6.38. The van der Waals surface area contributed by atoms with E-state index >= 15 is 0 Å². The number of carbonyl (C=O) groups excluding carboxylic acids is 3. The second-order valence-corrected chi connectivity index (χ2v) is 6.40. The third kappa shape index (κ3) is 5.32. The Labute approximate surface area is 172 Å². The lowest BCUT2D eigenvalue weighted by Gasteiger charge is -2.15. The van der Waals surface area contributed by atoms with Crippen LogP contribution < -0.4 is 9.47 Å². The molecule has 6 nitrogen and oxygen atoms in total. The van der Waals surface area contributed by atoms with Crippen LogP contribution in [0.3, 0.4) is 0 Å². The fraction of sp³-hybridized carbons (Fsp3) is 0.286. The van der Waals surface area contributed by atoms with Crippen molar-refractivity contribution in [3.63, 3.8) is 0 Å². The van der Waals surface area contributed by atoms with Gasteiger partial charge in [0.25, 0.3) is 0 Å². The zero-order chi connectivity index (χ0) is 21.6. The first-order chi connectivity index (χ1) is 13.8. The molecule has 0 heterocycles. The summed E-state index contributed by atoms with van der Waals surface area (Å²) < 4.78 is 29.5. The summed E-state index contributed by atoms with van der Waals surface area (Å²) >= 11 is 5.83. The lowest BCUT2D eigenvalue weighted by atomic mass is 9.97. The number of Topliss-reactive ketones (excluding diaryl/α,β-unsaturated/α-hetero) is 2. The maximum Gasteiger partial charge on any atom is 0.375 e. The molecule has 0 N–H and O–H groups in total. The van der Waals surface area contributed by atoms with Gasteiger partial charge in [0.15, 0.2) is 5.78 Å². The monoisotopic (exact) mass is 422 g/mol. The molecule has 0 aliphatic carbocycles. The molecule has 0 aliphatic heterocycles. The summed E-state index contributed by atoms with van der Waals surface area (Å²) in [5.41, 5.74) is 0.867. The van der Waals surface area contributed by atoms with Crippen molar-refractivity contribution in [1.82, 2.24) is 0 Å². The minimum absolute atomic E-state index is 0.0219. The summed E-state index contributed by atoms with van der Waals surface area (Å²) in [6.45, 7) is 1.58. The summed E-state index contributed by atoms with van der Waals surface area (Å²) in [5, 5.41) is -0.0219. The smallest absolute Gasteiger partial charge is 0.375 e. The summed E-state index contributed by atoms with van der Waals surface area (Å²) in [6, 6.07) is 7.54. The third-order valence-corrected chi connectivity index (χ3v) is 4.43. The molecule has 0 fully saturated rings. The highest BCUT2D eigenvalue weighted by Gasteiger charge is 2.24. The molecule has 2 aromatic carbocycles. The van der Waals surface area contributed by atoms with Crippen LogP contribution in [0.5, 0.6) is 11.5 Å². The van der Waals surface area contributed by atoms with E-state index in [0.29, 0.717) is 16.9 Å². The number of ether oxygens (including phenoxy) is 3. The van der Waals surface area contributed by atoms with Gasteiger partial charge in [-0.2, -0.15) is 0 Å². The van der Waals surface area contributed by atoms with Crippen molar-refractivity contribution in [2.24, 2.45) is 0 Å². The molecule has 154 valence electrons. The van der Waals surface area contributed by atoms with Gasteiger partial charge in [0.2, 0.25) is 5.78 Å². The Balaban J connectivity index is 2.41. The largest absolute Gasteiger partial charge is 0.496 e. The molecule has 0 saturated heterocycles. The topological polar surface area (TPSA) is 78.9 Å². The first-order valence-corrected chi connectivity index (χ1v) is 9.11. The third-order valence-electron chi connectivity index (χ3n) is 4.14. The molecule has 0 radical (unpaired) electrons. The molecule has 0 spiro atoms. The molecule has 0 bridgehead atoms. The van der Waals surface area contributed by atoms with Crippen LogP contribution in [-0.4, -0.2) is 38.4 Å². The van der Waals surface area contributed by atoms with Gasteiger partial charge in [-0.1, -0.05) is 23.7 Å². The molecule has 8 heteroatoms. The fourth-order valence-corrected chi connectivity index (χ4v) is 2.93. The van der Waals surface area contributed by atoms with Gasteiger partial charge in [0.05, 0.1) is 37.8 Å². The first-order valence-electron chi connectivity index (χ1n) is 8.73. The molecule has 29 heavy (non-hydrogen) atoms. The number of hydrogen-bond donors (Lipinski definition) is 0. The minimum atomic E-state index is -1.07. The zero-order valence-corrected chi connectivity index (χ0v) is 17.0. The van der Waals surface area contributed by atoms with E-state index in [2.05, 4.69) is 4.74 Å². The van der Waals surface area contributed by atoms with Crippen molar-refractivity contribution >= 4 is 29.1 Å². The molecule has 0 amide bonds. The van der Waals surface area contributed by atoms with Gasteiger partial charge < -0.3 is 14.2 Å². The molecule has 0 aromatic heterocycles. The van der Waals surface area contributed by atoms with E-state index < -0.39 is 29.8 Å². The molecular formula is C21H20ClFO6. The van der Waals surface area contributed by atoms with E-state index in [-0.39, 0.29) is 29.4 Å². The van der Waals surface area contributed by atoms with Crippen molar-refractivity contribution < 1.29 is 33.0 Å². The lowest BCUT2D eigenvalue weighted by molar-refractivity contribution is -0.153. The van der Waals surface area contributed by atoms with E-state index in [1.54, 1.807) is 19.1 Å². The number of esters is 1. The molecule has 2 aromatic rings. The van der Waals surface area contributed by atoms with Gasteiger partial charge in [-0.05, 0) is 30.2 Å². The van der Waals surface area contributed by atoms with Crippen molar-refractivity contribution in [2.75, 3.05) is 20.8 Å². The number of halogens is 2. The summed E-state index contributed by atoms with van der Waals surface area (Å²) in [6.07, 6.45) is -0.585. The van der Waals surface area contributed by atoms with Gasteiger partial charge in [0, 0.05) is 12.5 Å². The standard InChI is InChI=1S/C21H20ClFO6/c1-4-29-21(26)17(25)10-16(24)14-9-13(18(27-2)11-19(14)28-3)8-12-6-5-7-15(22)20(12)23/h5-7,9,11H,4,8,10H2,1-3H3. The molecule has 2 rings (SSSR count). The molecule has 0 aliphatic rings. The Bertz CT molecular complexity index is 941. The Kier molecular flexibility index (Phi) is 7.73. The highest BCUT2D eigenvalue weighted by atomic mass is 35.5. The van der Waals surface area contributed by atoms with Crippen LogP contribution in [0.1, 0.15) is 34.8 Å². The maximum atomic E-state index is 14.3. The second kappa shape index (κ2) is 10.0. The van der Waals surface area contributed by atoms with Crippen LogP contribution in [-0.2, 0) is 20.7 Å². The summed E-state index contributed by atoms with van der Waals surface area (Å²) in [5.74, 6) is -2.70. The lowest BCUT2D eigenvalue weighted by Crippen LogP contribution is -2.21. The number of rotatable bonds is 9. The zero-order valence-electron chi connectivity index (χ0n) is 16.2. The van der Waals surface area contributed by atoms with Gasteiger partial charge in [-0.25, -0.2) is 9.18 Å². The molecule has 0 atom stereocenters. The van der Waals surface area contributed by atoms with Crippen molar-refractivity contribution in [2.45, 2.75) is 19.8 Å². The average Bonchev–Trinajstić information content (AvgIpc) is 2.71. The molecule has 0 saturated carbocycles. The maximum absolute atomic E-state index is 14.3. The molecular weight excluding hydrogens is 403 g/mol. The van der Waals surface area contributed by atoms with E-state index in [0.717, 1.165) is 0 Å². The first kappa shape index (κ1) is 22.4. The average molecular weight is 423 g/mol. The van der Waals surface area contributed by atoms with Crippen molar-refractivity contribution in [3.8, 4) is 11.5 Å². The minimum Gasteiger partial charge on any atom is -0.496 e. The van der Waals surface area contributed by atoms with E-state index in [9.17, 15) is 18.8 Å². The Morgan fingerprint density at radius 2 is 1.72 bits per heavy atom. The van der Waals surface area contributed by atoms with Crippen LogP contribution in [0.4, 0.5) is 4.39 Å². The quantitative estimate of drug-likeness (QED) is 0.265. The number of benzene rings is 2. The van der Waals surface area contributed by atoms with Crippen LogP contribution in [0, 0.1) is 5.82 Å². The predicted octanol–water partition coefficient (Wildman–Crippen LogP) is 3.79. The Hall–Kier alpha value is -2.93. The molecule has 0 unspecified atom stereocenters. The Morgan fingerprint density at radius 3 is 2.34 bits per heavy atom. The number of ketones is 2. The van der Waals surface area contributed by atoms with Gasteiger partial charge in [-0.3, -0.25) is 9.59 Å².